The maximum atomic E-state index is 12.5. The van der Waals surface area contributed by atoms with Crippen LogP contribution in [-0.4, -0.2) is 27.2 Å². The van der Waals surface area contributed by atoms with Crippen LogP contribution in [0.5, 0.6) is 5.75 Å². The molecule has 0 saturated carbocycles. The molecule has 0 aliphatic carbocycles. The zero-order chi connectivity index (χ0) is 16.9. The molecular weight excluding hydrogens is 318 g/mol. The Morgan fingerprint density at radius 3 is 2.74 bits per heavy atom. The van der Waals surface area contributed by atoms with Crippen molar-refractivity contribution in [3.05, 3.63) is 47.9 Å². The molecule has 0 radical (unpaired) electrons. The summed E-state index contributed by atoms with van der Waals surface area (Å²) in [4.78, 5) is 0.108. The second-order valence-corrected chi connectivity index (χ2v) is 6.83. The Bertz CT molecular complexity index is 725. The van der Waals surface area contributed by atoms with Gasteiger partial charge in [0, 0.05) is 12.1 Å². The number of furan rings is 1. The summed E-state index contributed by atoms with van der Waals surface area (Å²) >= 11 is 0. The van der Waals surface area contributed by atoms with Crippen molar-refractivity contribution < 1.29 is 22.7 Å². The highest BCUT2D eigenvalue weighted by molar-refractivity contribution is 7.89. The number of hydrogen-bond acceptors (Lipinski definition) is 5. The van der Waals surface area contributed by atoms with Crippen molar-refractivity contribution in [2.75, 3.05) is 13.7 Å². The Labute approximate surface area is 136 Å². The van der Waals surface area contributed by atoms with Crippen LogP contribution in [0, 0.1) is 0 Å². The minimum absolute atomic E-state index is 0.105. The summed E-state index contributed by atoms with van der Waals surface area (Å²) in [6.45, 7) is 2.06. The van der Waals surface area contributed by atoms with Gasteiger partial charge in [-0.15, -0.1) is 0 Å². The molecule has 2 aromatic rings. The van der Waals surface area contributed by atoms with Crippen LogP contribution in [-0.2, 0) is 16.4 Å². The quantitative estimate of drug-likeness (QED) is 0.770. The average Bonchev–Trinajstić information content (AvgIpc) is 3.08. The first-order valence-electron chi connectivity index (χ1n) is 7.34. The smallest absolute Gasteiger partial charge is 0.244 e. The lowest BCUT2D eigenvalue weighted by Crippen LogP contribution is -2.26. The first kappa shape index (κ1) is 17.5. The van der Waals surface area contributed by atoms with Gasteiger partial charge in [0.25, 0.3) is 0 Å². The lowest BCUT2D eigenvalue weighted by molar-refractivity contribution is 0.168. The van der Waals surface area contributed by atoms with Gasteiger partial charge in [-0.2, -0.15) is 0 Å². The van der Waals surface area contributed by atoms with Gasteiger partial charge >= 0.3 is 0 Å². The topological polar surface area (TPSA) is 88.8 Å². The molecule has 7 heteroatoms. The molecule has 1 unspecified atom stereocenters. The number of aryl methyl sites for hydroxylation is 1. The summed E-state index contributed by atoms with van der Waals surface area (Å²) in [5.41, 5.74) is 1.53. The molecule has 0 aliphatic heterocycles. The van der Waals surface area contributed by atoms with E-state index in [1.165, 1.54) is 19.6 Å². The van der Waals surface area contributed by atoms with Crippen LogP contribution >= 0.6 is 0 Å². The number of ether oxygens (including phenoxy) is 1. The van der Waals surface area contributed by atoms with Gasteiger partial charge in [0.05, 0.1) is 25.7 Å². The van der Waals surface area contributed by atoms with Gasteiger partial charge in [0.2, 0.25) is 10.0 Å². The van der Waals surface area contributed by atoms with Gasteiger partial charge in [-0.3, -0.25) is 0 Å². The van der Waals surface area contributed by atoms with Gasteiger partial charge in [0.1, 0.15) is 10.6 Å². The predicted octanol–water partition coefficient (Wildman–Crippen LogP) is 2.25. The molecule has 126 valence electrons. The maximum Gasteiger partial charge on any atom is 0.244 e. The van der Waals surface area contributed by atoms with E-state index in [2.05, 4.69) is 4.72 Å². The molecule has 0 aliphatic rings. The van der Waals surface area contributed by atoms with Crippen molar-refractivity contribution in [2.45, 2.75) is 30.8 Å². The van der Waals surface area contributed by atoms with Gasteiger partial charge < -0.3 is 14.3 Å². The Morgan fingerprint density at radius 1 is 1.35 bits per heavy atom. The number of aliphatic hydroxyl groups excluding tert-OH is 1. The van der Waals surface area contributed by atoms with Crippen LogP contribution in [0.4, 0.5) is 0 Å². The second kappa shape index (κ2) is 7.63. The van der Waals surface area contributed by atoms with Crippen molar-refractivity contribution >= 4 is 10.0 Å². The van der Waals surface area contributed by atoms with Crippen LogP contribution < -0.4 is 9.46 Å². The van der Waals surface area contributed by atoms with Gasteiger partial charge in [-0.25, -0.2) is 13.1 Å². The summed E-state index contributed by atoms with van der Waals surface area (Å²) in [5.74, 6) is 0.296. The van der Waals surface area contributed by atoms with Crippen LogP contribution in [0.2, 0.25) is 0 Å². The van der Waals surface area contributed by atoms with Crippen molar-refractivity contribution in [3.63, 3.8) is 0 Å². The molecule has 2 rings (SSSR count). The van der Waals surface area contributed by atoms with Crippen LogP contribution in [0.1, 0.15) is 30.6 Å². The fraction of sp³-hybridized carbons (Fsp3) is 0.375. The largest absolute Gasteiger partial charge is 0.495 e. The zero-order valence-electron chi connectivity index (χ0n) is 13.2. The molecule has 1 atom stereocenters. The van der Waals surface area contributed by atoms with Gasteiger partial charge in [-0.1, -0.05) is 13.0 Å². The van der Waals surface area contributed by atoms with E-state index < -0.39 is 16.1 Å². The van der Waals surface area contributed by atoms with Crippen molar-refractivity contribution in [2.24, 2.45) is 0 Å². The number of aliphatic hydroxyl groups is 1. The molecule has 6 nitrogen and oxygen atoms in total. The molecule has 1 aromatic heterocycles. The lowest BCUT2D eigenvalue weighted by Gasteiger charge is -2.13. The van der Waals surface area contributed by atoms with Gasteiger partial charge in [0.15, 0.2) is 0 Å². The SMILES string of the molecule is CCc1ccc(OC)c(S(=O)(=O)NCCC(O)c2ccoc2)c1. The third-order valence-corrected chi connectivity index (χ3v) is 5.05. The minimum Gasteiger partial charge on any atom is -0.495 e. The third-order valence-electron chi connectivity index (χ3n) is 3.56. The number of hydrogen-bond donors (Lipinski definition) is 2. The molecule has 0 bridgehead atoms. The van der Waals surface area contributed by atoms with Crippen molar-refractivity contribution in [1.82, 2.24) is 4.72 Å². The molecule has 1 heterocycles. The zero-order valence-corrected chi connectivity index (χ0v) is 14.0. The molecule has 23 heavy (non-hydrogen) atoms. The summed E-state index contributed by atoms with van der Waals surface area (Å²) in [6.07, 6.45) is 3.09. The summed E-state index contributed by atoms with van der Waals surface area (Å²) in [5, 5.41) is 9.94. The Hall–Kier alpha value is -1.83. The van der Waals surface area contributed by atoms with Crippen molar-refractivity contribution in [1.29, 1.82) is 0 Å². The summed E-state index contributed by atoms with van der Waals surface area (Å²) < 4.78 is 37.4. The maximum absolute atomic E-state index is 12.5. The molecule has 0 spiro atoms. The number of methoxy groups -OCH3 is 1. The first-order chi connectivity index (χ1) is 11.0. The van der Waals surface area contributed by atoms with E-state index >= 15 is 0 Å². The van der Waals surface area contributed by atoms with Crippen molar-refractivity contribution in [3.8, 4) is 5.75 Å². The average molecular weight is 339 g/mol. The molecule has 0 fully saturated rings. The van der Waals surface area contributed by atoms with Crippen LogP contribution in [0.15, 0.2) is 46.1 Å². The first-order valence-corrected chi connectivity index (χ1v) is 8.83. The Morgan fingerprint density at radius 2 is 2.13 bits per heavy atom. The number of sulfonamides is 1. The van der Waals surface area contributed by atoms with Gasteiger partial charge in [-0.05, 0) is 36.6 Å². The summed E-state index contributed by atoms with van der Waals surface area (Å²) in [7, 11) is -2.28. The molecular formula is C16H21NO5S. The number of rotatable bonds is 8. The molecule has 2 N–H and O–H groups in total. The minimum atomic E-state index is -3.71. The van der Waals surface area contributed by atoms with E-state index in [1.807, 2.05) is 13.0 Å². The Balaban J connectivity index is 2.07. The monoisotopic (exact) mass is 339 g/mol. The van der Waals surface area contributed by atoms with Crippen LogP contribution in [0.25, 0.3) is 0 Å². The normalized spacial score (nSPS) is 13.0. The highest BCUT2D eigenvalue weighted by Crippen LogP contribution is 2.25. The van der Waals surface area contributed by atoms with E-state index in [4.69, 9.17) is 9.15 Å². The molecule has 0 amide bonds. The fourth-order valence-electron chi connectivity index (χ4n) is 2.19. The van der Waals surface area contributed by atoms with E-state index in [9.17, 15) is 13.5 Å². The second-order valence-electron chi connectivity index (χ2n) is 5.10. The third kappa shape index (κ3) is 4.34. The predicted molar refractivity (Wildman–Crippen MR) is 85.8 cm³/mol. The van der Waals surface area contributed by atoms with E-state index in [0.29, 0.717) is 11.3 Å². The highest BCUT2D eigenvalue weighted by atomic mass is 32.2. The highest BCUT2D eigenvalue weighted by Gasteiger charge is 2.20. The molecule has 0 saturated heterocycles. The summed E-state index contributed by atoms with van der Waals surface area (Å²) in [6, 6.07) is 6.73. The Kier molecular flexibility index (Phi) is 5.81. The molecule has 1 aromatic carbocycles. The number of nitrogens with one attached hydrogen (secondary N) is 1. The standard InChI is InChI=1S/C16H21NO5S/c1-3-12-4-5-15(21-2)16(10-12)23(19,20)17-8-6-14(18)13-7-9-22-11-13/h4-5,7,9-11,14,17-18H,3,6,8H2,1-2H3. The van der Waals surface area contributed by atoms with E-state index in [1.54, 1.807) is 18.2 Å². The van der Waals surface area contributed by atoms with Crippen LogP contribution in [0.3, 0.4) is 0 Å². The lowest BCUT2D eigenvalue weighted by atomic mass is 10.1. The number of benzene rings is 1. The fourth-order valence-corrected chi connectivity index (χ4v) is 3.45. The van der Waals surface area contributed by atoms with E-state index in [0.717, 1.165) is 12.0 Å². The van der Waals surface area contributed by atoms with E-state index in [-0.39, 0.29) is 17.9 Å².